The molecule has 0 aliphatic rings. The van der Waals surface area contributed by atoms with E-state index in [1.165, 1.54) is 0 Å². The van der Waals surface area contributed by atoms with Crippen LogP contribution >= 0.6 is 45.2 Å². The van der Waals surface area contributed by atoms with Gasteiger partial charge in [-0.1, -0.05) is 12.1 Å². The molecule has 4 N–H and O–H groups in total. The maximum atomic E-state index is 6.00. The lowest BCUT2D eigenvalue weighted by Crippen LogP contribution is -1.95. The van der Waals surface area contributed by atoms with Gasteiger partial charge in [0.1, 0.15) is 0 Å². The van der Waals surface area contributed by atoms with Gasteiger partial charge in [-0.25, -0.2) is 0 Å². The van der Waals surface area contributed by atoms with Crippen LogP contribution in [0, 0.1) is 7.14 Å². The van der Waals surface area contributed by atoms with Crippen LogP contribution in [0.25, 0.3) is 11.1 Å². The summed E-state index contributed by atoms with van der Waals surface area (Å²) in [6.45, 7) is 0. The first-order valence-electron chi connectivity index (χ1n) is 4.68. The van der Waals surface area contributed by atoms with E-state index in [4.69, 9.17) is 11.5 Å². The molecule has 0 heterocycles. The van der Waals surface area contributed by atoms with Crippen molar-refractivity contribution >= 4 is 56.6 Å². The fraction of sp³-hybridized carbons (Fsp3) is 0. The maximum absolute atomic E-state index is 6.00. The largest absolute Gasteiger partial charge is 0.398 e. The molecule has 2 rings (SSSR count). The van der Waals surface area contributed by atoms with E-state index in [2.05, 4.69) is 45.2 Å². The lowest BCUT2D eigenvalue weighted by Gasteiger charge is -2.09. The number of nitrogens with two attached hydrogens (primary N) is 2. The summed E-state index contributed by atoms with van der Waals surface area (Å²) in [4.78, 5) is 0. The molecule has 0 atom stereocenters. The van der Waals surface area contributed by atoms with Gasteiger partial charge < -0.3 is 11.5 Å². The number of hydrogen-bond acceptors (Lipinski definition) is 2. The second-order valence-electron chi connectivity index (χ2n) is 3.46. The second kappa shape index (κ2) is 4.79. The number of benzene rings is 2. The van der Waals surface area contributed by atoms with Gasteiger partial charge in [0.05, 0.1) is 0 Å². The molecule has 82 valence electrons. The van der Waals surface area contributed by atoms with E-state index in [0.29, 0.717) is 0 Å². The Morgan fingerprint density at radius 3 is 1.38 bits per heavy atom. The third-order valence-corrected chi connectivity index (χ3v) is 3.66. The molecule has 4 heteroatoms. The first-order chi connectivity index (χ1) is 7.58. The van der Waals surface area contributed by atoms with E-state index < -0.39 is 0 Å². The molecule has 0 aliphatic heterocycles. The highest BCUT2D eigenvalue weighted by Crippen LogP contribution is 2.32. The molecule has 0 saturated heterocycles. The van der Waals surface area contributed by atoms with Crippen LogP contribution in [0.4, 0.5) is 11.4 Å². The highest BCUT2D eigenvalue weighted by atomic mass is 127. The number of rotatable bonds is 1. The van der Waals surface area contributed by atoms with Crippen LogP contribution in [-0.4, -0.2) is 0 Å². The van der Waals surface area contributed by atoms with Crippen molar-refractivity contribution in [3.8, 4) is 11.1 Å². The average Bonchev–Trinajstić information content (AvgIpc) is 2.19. The van der Waals surface area contributed by atoms with Crippen LogP contribution in [0.15, 0.2) is 36.4 Å². The lowest BCUT2D eigenvalue weighted by molar-refractivity contribution is 1.56. The van der Waals surface area contributed by atoms with Crippen molar-refractivity contribution in [3.05, 3.63) is 43.5 Å². The molecule has 0 aromatic heterocycles. The van der Waals surface area contributed by atoms with Gasteiger partial charge in [-0.3, -0.25) is 0 Å². The van der Waals surface area contributed by atoms with E-state index >= 15 is 0 Å². The van der Waals surface area contributed by atoms with Crippen molar-refractivity contribution in [1.82, 2.24) is 0 Å². The van der Waals surface area contributed by atoms with Gasteiger partial charge in [0.2, 0.25) is 0 Å². The van der Waals surface area contributed by atoms with Gasteiger partial charge in [0, 0.05) is 29.6 Å². The Bertz CT molecular complexity index is 489. The molecule has 0 saturated carbocycles. The number of hydrogen-bond donors (Lipinski definition) is 2. The summed E-state index contributed by atoms with van der Waals surface area (Å²) in [5.41, 5.74) is 15.5. The average molecular weight is 436 g/mol. The fourth-order valence-electron chi connectivity index (χ4n) is 1.56. The van der Waals surface area contributed by atoms with Crippen molar-refractivity contribution in [2.24, 2.45) is 0 Å². The van der Waals surface area contributed by atoms with Crippen LogP contribution in [-0.2, 0) is 0 Å². The molecule has 0 fully saturated rings. The molecular formula is C12H10I2N2. The summed E-state index contributed by atoms with van der Waals surface area (Å²) in [5.74, 6) is 0. The number of halogens is 2. The molecule has 0 aliphatic carbocycles. The van der Waals surface area contributed by atoms with Gasteiger partial charge in [-0.2, -0.15) is 0 Å². The van der Waals surface area contributed by atoms with Crippen LogP contribution in [0.3, 0.4) is 0 Å². The minimum Gasteiger partial charge on any atom is -0.398 e. The molecule has 0 spiro atoms. The van der Waals surface area contributed by atoms with E-state index in [-0.39, 0.29) is 0 Å². The Morgan fingerprint density at radius 2 is 1.06 bits per heavy atom. The number of anilines is 2. The summed E-state index contributed by atoms with van der Waals surface area (Å²) in [7, 11) is 0. The predicted octanol–water partition coefficient (Wildman–Crippen LogP) is 3.73. The van der Waals surface area contributed by atoms with Crippen molar-refractivity contribution in [1.29, 1.82) is 0 Å². The Labute approximate surface area is 122 Å². The predicted molar refractivity (Wildman–Crippen MR) is 86.1 cm³/mol. The van der Waals surface area contributed by atoms with Gasteiger partial charge in [0.25, 0.3) is 0 Å². The minimum atomic E-state index is 0.764. The van der Waals surface area contributed by atoms with Gasteiger partial charge in [0.15, 0.2) is 0 Å². The molecule has 2 nitrogen and oxygen atoms in total. The topological polar surface area (TPSA) is 52.0 Å². The lowest BCUT2D eigenvalue weighted by atomic mass is 10.0. The Hall–Kier alpha value is -0.500. The molecular weight excluding hydrogens is 426 g/mol. The van der Waals surface area contributed by atoms with Crippen molar-refractivity contribution in [2.45, 2.75) is 0 Å². The molecule has 16 heavy (non-hydrogen) atoms. The van der Waals surface area contributed by atoms with E-state index in [1.807, 2.05) is 36.4 Å². The zero-order valence-corrected chi connectivity index (χ0v) is 12.7. The second-order valence-corrected chi connectivity index (χ2v) is 5.95. The highest BCUT2D eigenvalue weighted by molar-refractivity contribution is 14.1. The summed E-state index contributed by atoms with van der Waals surface area (Å²) < 4.78 is 2.26. The molecule has 0 amide bonds. The third kappa shape index (κ3) is 2.42. The summed E-state index contributed by atoms with van der Waals surface area (Å²) in [5, 5.41) is 0. The minimum absolute atomic E-state index is 0.764. The van der Waals surface area contributed by atoms with Gasteiger partial charge in [-0.15, -0.1) is 0 Å². The quantitative estimate of drug-likeness (QED) is 0.529. The van der Waals surface area contributed by atoms with Crippen LogP contribution < -0.4 is 11.5 Å². The van der Waals surface area contributed by atoms with E-state index in [1.54, 1.807) is 0 Å². The summed E-state index contributed by atoms with van der Waals surface area (Å²) in [6, 6.07) is 12.0. The van der Waals surface area contributed by atoms with Crippen LogP contribution in [0.5, 0.6) is 0 Å². The highest BCUT2D eigenvalue weighted by Gasteiger charge is 2.06. The molecule has 0 radical (unpaired) electrons. The van der Waals surface area contributed by atoms with Crippen LogP contribution in [0.2, 0.25) is 0 Å². The number of nitrogen functional groups attached to an aromatic ring is 2. The first-order valence-corrected chi connectivity index (χ1v) is 6.84. The van der Waals surface area contributed by atoms with Crippen LogP contribution in [0.1, 0.15) is 0 Å². The smallest absolute Gasteiger partial charge is 0.0405 e. The third-order valence-electron chi connectivity index (χ3n) is 2.32. The van der Waals surface area contributed by atoms with Gasteiger partial charge >= 0.3 is 0 Å². The molecule has 2 aromatic carbocycles. The maximum Gasteiger partial charge on any atom is 0.0405 e. The SMILES string of the molecule is Nc1cc(I)ccc1-c1ccc(I)cc1N. The van der Waals surface area contributed by atoms with E-state index in [0.717, 1.165) is 29.6 Å². The Kier molecular flexibility index (Phi) is 3.58. The van der Waals surface area contributed by atoms with Crippen molar-refractivity contribution < 1.29 is 0 Å². The monoisotopic (exact) mass is 436 g/mol. The Morgan fingerprint density at radius 1 is 0.688 bits per heavy atom. The molecule has 0 unspecified atom stereocenters. The molecule has 0 bridgehead atoms. The molecule has 2 aromatic rings. The van der Waals surface area contributed by atoms with Crippen molar-refractivity contribution in [3.63, 3.8) is 0 Å². The van der Waals surface area contributed by atoms with Crippen molar-refractivity contribution in [2.75, 3.05) is 11.5 Å². The zero-order valence-electron chi connectivity index (χ0n) is 8.37. The standard InChI is InChI=1S/C12H10I2N2/c13-7-1-3-9(11(15)5-7)10-4-2-8(14)6-12(10)16/h1-6H,15-16H2. The first kappa shape index (κ1) is 12.0. The fourth-order valence-corrected chi connectivity index (χ4v) is 2.59. The zero-order chi connectivity index (χ0) is 11.7. The normalized spacial score (nSPS) is 10.4. The van der Waals surface area contributed by atoms with E-state index in [9.17, 15) is 0 Å². The summed E-state index contributed by atoms with van der Waals surface area (Å²) >= 11 is 4.49. The Balaban J connectivity index is 2.59. The van der Waals surface area contributed by atoms with Gasteiger partial charge in [-0.05, 0) is 69.4 Å². The summed E-state index contributed by atoms with van der Waals surface area (Å²) in [6.07, 6.45) is 0.